The standard InChI is InChI=1S/C14H13O2P.C7H8O3S/c1-16-14(15)11-7-9-13(10-8-11)17-12-5-3-2-4-6-12;1-6-2-4-7(5-3-6)11(8,9)10/h2-10,17H,1H3;2-5H,1H3,(H,8,9,10). The maximum Gasteiger partial charge on any atom is 0.337 e. The van der Waals surface area contributed by atoms with E-state index in [1.54, 1.807) is 12.1 Å². The molecule has 0 saturated carbocycles. The van der Waals surface area contributed by atoms with E-state index in [2.05, 4.69) is 16.9 Å². The summed E-state index contributed by atoms with van der Waals surface area (Å²) in [7, 11) is -2.78. The largest absolute Gasteiger partial charge is 0.744 e. The Morgan fingerprint density at radius 1 is 0.857 bits per heavy atom. The van der Waals surface area contributed by atoms with E-state index in [0.29, 0.717) is 5.56 Å². The first-order valence-corrected chi connectivity index (χ1v) is 11.0. The summed E-state index contributed by atoms with van der Waals surface area (Å²) in [5.41, 5.74) is 1.53. The number of rotatable bonds is 4. The van der Waals surface area contributed by atoms with Crippen LogP contribution < -0.4 is 10.6 Å². The van der Waals surface area contributed by atoms with Gasteiger partial charge in [-0.2, -0.15) is 0 Å². The van der Waals surface area contributed by atoms with Crippen LogP contribution in [0.3, 0.4) is 0 Å². The molecule has 3 aromatic rings. The van der Waals surface area contributed by atoms with Gasteiger partial charge in [0.1, 0.15) is 10.1 Å². The Morgan fingerprint density at radius 2 is 1.39 bits per heavy atom. The Balaban J connectivity index is 0.000000221. The number of benzene rings is 3. The average molecular weight is 416 g/mol. The molecule has 0 bridgehead atoms. The van der Waals surface area contributed by atoms with Crippen LogP contribution in [0.25, 0.3) is 0 Å². The summed E-state index contributed by atoms with van der Waals surface area (Å²) in [5, 5.41) is 2.61. The molecule has 0 aliphatic heterocycles. The van der Waals surface area contributed by atoms with Gasteiger partial charge in [0.05, 0.1) is 36.8 Å². The van der Waals surface area contributed by atoms with Crippen LogP contribution in [0.4, 0.5) is 0 Å². The number of methoxy groups -OCH3 is 1. The van der Waals surface area contributed by atoms with E-state index in [-0.39, 0.29) is 19.4 Å². The Kier molecular flexibility index (Phi) is 7.88. The molecule has 1 atom stereocenters. The lowest BCUT2D eigenvalue weighted by Crippen LogP contribution is -2.06. The highest BCUT2D eigenvalue weighted by molar-refractivity contribution is 7.85. The maximum atomic E-state index is 11.3. The minimum Gasteiger partial charge on any atom is -0.744 e. The van der Waals surface area contributed by atoms with Gasteiger partial charge in [-0.25, -0.2) is 13.2 Å². The molecule has 1 unspecified atom stereocenters. The summed E-state index contributed by atoms with van der Waals surface area (Å²) < 4.78 is 35.8. The van der Waals surface area contributed by atoms with Gasteiger partial charge in [0.2, 0.25) is 0 Å². The van der Waals surface area contributed by atoms with Gasteiger partial charge in [0.25, 0.3) is 0 Å². The highest BCUT2D eigenvalue weighted by atomic mass is 32.2. The topological polar surface area (TPSA) is 83.5 Å². The van der Waals surface area contributed by atoms with Crippen LogP contribution in [-0.4, -0.2) is 26.0 Å². The molecule has 0 amide bonds. The maximum absolute atomic E-state index is 11.3. The van der Waals surface area contributed by atoms with E-state index < -0.39 is 10.1 Å². The number of hydrogen-bond donors (Lipinski definition) is 0. The molecule has 0 N–H and O–H groups in total. The molecular weight excluding hydrogens is 395 g/mol. The first-order chi connectivity index (χ1) is 13.3. The molecule has 5 nitrogen and oxygen atoms in total. The molecule has 7 heteroatoms. The van der Waals surface area contributed by atoms with Crippen molar-refractivity contribution in [3.8, 4) is 0 Å². The molecule has 0 spiro atoms. The first-order valence-electron chi connectivity index (χ1n) is 8.40. The van der Waals surface area contributed by atoms with Gasteiger partial charge in [-0.1, -0.05) is 35.9 Å². The van der Waals surface area contributed by atoms with Gasteiger partial charge in [-0.3, -0.25) is 0 Å². The third-order valence-corrected chi connectivity index (χ3v) is 6.06. The van der Waals surface area contributed by atoms with E-state index in [0.717, 1.165) is 5.56 Å². The minimum atomic E-state index is -4.27. The number of carbonyl (C=O) groups excluding carboxylic acids is 1. The summed E-state index contributed by atoms with van der Waals surface area (Å²) in [6, 6.07) is 23.8. The fraction of sp³-hybridized carbons (Fsp3) is 0.0952. The Hall–Kier alpha value is -2.53. The smallest absolute Gasteiger partial charge is 0.337 e. The Morgan fingerprint density at radius 3 is 1.89 bits per heavy atom. The Bertz CT molecular complexity index is 999. The molecule has 0 saturated heterocycles. The van der Waals surface area contributed by atoms with Crippen molar-refractivity contribution in [3.05, 3.63) is 90.0 Å². The normalized spacial score (nSPS) is 11.0. The van der Waals surface area contributed by atoms with Crippen molar-refractivity contribution in [3.63, 3.8) is 0 Å². The molecule has 28 heavy (non-hydrogen) atoms. The third kappa shape index (κ3) is 6.89. The lowest BCUT2D eigenvalue weighted by Gasteiger charge is -2.05. The number of ether oxygens (including phenoxy) is 1. The molecular formula is C21H21O5PS. The molecule has 3 aromatic carbocycles. The van der Waals surface area contributed by atoms with Gasteiger partial charge < -0.3 is 9.29 Å². The van der Waals surface area contributed by atoms with Crippen LogP contribution in [-0.2, 0) is 14.9 Å². The van der Waals surface area contributed by atoms with E-state index in [9.17, 15) is 17.8 Å². The second-order valence-corrected chi connectivity index (χ2v) is 8.94. The molecule has 3 rings (SSSR count). The zero-order valence-corrected chi connectivity index (χ0v) is 17.5. The van der Waals surface area contributed by atoms with Crippen LogP contribution in [0.2, 0.25) is 0 Å². The monoisotopic (exact) mass is 416 g/mol. The van der Waals surface area contributed by atoms with Gasteiger partial charge in [-0.15, -0.1) is 0 Å². The lowest BCUT2D eigenvalue weighted by molar-refractivity contribution is 0.0600. The van der Waals surface area contributed by atoms with Crippen molar-refractivity contribution in [2.45, 2.75) is 11.8 Å². The molecule has 0 fully saturated rings. The van der Waals surface area contributed by atoms with E-state index in [1.165, 1.54) is 29.9 Å². The van der Waals surface area contributed by atoms with Gasteiger partial charge >= 0.3 is 5.97 Å². The molecule has 0 aliphatic carbocycles. The zero-order valence-electron chi connectivity index (χ0n) is 15.5. The van der Waals surface area contributed by atoms with Crippen molar-refractivity contribution in [1.82, 2.24) is 0 Å². The van der Waals surface area contributed by atoms with Crippen molar-refractivity contribution >= 4 is 35.3 Å². The fourth-order valence-corrected chi connectivity index (χ4v) is 3.93. The second-order valence-electron chi connectivity index (χ2n) is 5.94. The first kappa shape index (κ1) is 21.8. The number of carbonyl (C=O) groups is 1. The summed E-state index contributed by atoms with van der Waals surface area (Å²) in [6.45, 7) is 1.82. The predicted molar refractivity (Wildman–Crippen MR) is 112 cm³/mol. The van der Waals surface area contributed by atoms with Crippen molar-refractivity contribution in [1.29, 1.82) is 0 Å². The van der Waals surface area contributed by atoms with Crippen LogP contribution in [0.15, 0.2) is 83.8 Å². The van der Waals surface area contributed by atoms with Gasteiger partial charge in [0, 0.05) is 0 Å². The van der Waals surface area contributed by atoms with E-state index in [1.807, 2.05) is 49.4 Å². The van der Waals surface area contributed by atoms with Crippen LogP contribution in [0.5, 0.6) is 0 Å². The van der Waals surface area contributed by atoms with E-state index >= 15 is 0 Å². The summed E-state index contributed by atoms with van der Waals surface area (Å²) >= 11 is 0. The number of hydrogen-bond acceptors (Lipinski definition) is 5. The summed E-state index contributed by atoms with van der Waals surface area (Å²) in [4.78, 5) is 11.1. The number of esters is 1. The highest BCUT2D eigenvalue weighted by Gasteiger charge is 2.07. The van der Waals surface area contributed by atoms with Crippen molar-refractivity contribution in [2.75, 3.05) is 7.11 Å². The van der Waals surface area contributed by atoms with Crippen LogP contribution >= 0.6 is 8.58 Å². The Labute approximate surface area is 166 Å². The van der Waals surface area contributed by atoms with Gasteiger partial charge in [-0.05, 0) is 55.5 Å². The lowest BCUT2D eigenvalue weighted by atomic mass is 10.2. The molecule has 0 radical (unpaired) electrons. The SMILES string of the molecule is COC(=O)c1ccc([PH2+]c2ccccc2)cc1.Cc1ccc(S(=O)(=O)[O-])cc1. The van der Waals surface area contributed by atoms with E-state index in [4.69, 9.17) is 0 Å². The second kappa shape index (κ2) is 10.1. The molecule has 0 aliphatic rings. The predicted octanol–water partition coefficient (Wildman–Crippen LogP) is 2.73. The quantitative estimate of drug-likeness (QED) is 0.371. The third-order valence-electron chi connectivity index (χ3n) is 3.77. The molecule has 0 heterocycles. The average Bonchev–Trinajstić information content (AvgIpc) is 2.69. The molecule has 146 valence electrons. The van der Waals surface area contributed by atoms with Crippen molar-refractivity contribution < 1.29 is 22.5 Å². The fourth-order valence-electron chi connectivity index (χ4n) is 2.28. The summed E-state index contributed by atoms with van der Waals surface area (Å²) in [5.74, 6) is -0.286. The van der Waals surface area contributed by atoms with Crippen LogP contribution in [0, 0.1) is 6.92 Å². The van der Waals surface area contributed by atoms with Crippen molar-refractivity contribution in [2.24, 2.45) is 0 Å². The number of aryl methyl sites for hydroxylation is 1. The van der Waals surface area contributed by atoms with Gasteiger partial charge in [0.15, 0.2) is 0 Å². The van der Waals surface area contributed by atoms with Crippen LogP contribution in [0.1, 0.15) is 15.9 Å². The highest BCUT2D eigenvalue weighted by Crippen LogP contribution is 2.11. The summed E-state index contributed by atoms with van der Waals surface area (Å²) in [6.07, 6.45) is 0. The zero-order chi connectivity index (χ0) is 20.6. The molecule has 0 aromatic heterocycles. The minimum absolute atomic E-state index is 0.0911.